The van der Waals surface area contributed by atoms with Crippen LogP contribution >= 0.6 is 11.8 Å². The van der Waals surface area contributed by atoms with Crippen molar-refractivity contribution >= 4 is 33.4 Å². The summed E-state index contributed by atoms with van der Waals surface area (Å²) in [6.45, 7) is 2.23. The summed E-state index contributed by atoms with van der Waals surface area (Å²) >= 11 is 1.90. The van der Waals surface area contributed by atoms with E-state index in [0.29, 0.717) is 12.2 Å². The second-order valence-corrected chi connectivity index (χ2v) is 9.50. The topological polar surface area (TPSA) is 66.5 Å². The van der Waals surface area contributed by atoms with Crippen molar-refractivity contribution in [2.24, 2.45) is 0 Å². The molecule has 2 rings (SSSR count). The Hall–Kier alpha value is -1.21. The Labute approximate surface area is 149 Å². The van der Waals surface area contributed by atoms with E-state index in [1.807, 2.05) is 30.8 Å². The number of amides is 1. The van der Waals surface area contributed by atoms with Crippen molar-refractivity contribution in [3.05, 3.63) is 29.8 Å². The lowest BCUT2D eigenvalue weighted by atomic mass is 10.2. The first-order chi connectivity index (χ1) is 11.4. The first-order valence-corrected chi connectivity index (χ1v) is 11.2. The SMILES string of the molecule is Cc1ccccc1N(CC(=O)NCCSC1CCCC1)S(C)(=O)=O. The van der Waals surface area contributed by atoms with E-state index < -0.39 is 10.0 Å². The highest BCUT2D eigenvalue weighted by Crippen LogP contribution is 2.28. The van der Waals surface area contributed by atoms with Gasteiger partial charge in [0.2, 0.25) is 15.9 Å². The number of nitrogens with zero attached hydrogens (tertiary/aromatic N) is 1. The minimum absolute atomic E-state index is 0.183. The summed E-state index contributed by atoms with van der Waals surface area (Å²) in [7, 11) is -3.51. The molecule has 7 heteroatoms. The Morgan fingerprint density at radius 3 is 2.58 bits per heavy atom. The van der Waals surface area contributed by atoms with E-state index in [4.69, 9.17) is 0 Å². The highest BCUT2D eigenvalue weighted by Gasteiger charge is 2.22. The maximum atomic E-state index is 12.2. The summed E-state index contributed by atoms with van der Waals surface area (Å²) in [6, 6.07) is 7.18. The van der Waals surface area contributed by atoms with Gasteiger partial charge in [-0.3, -0.25) is 9.10 Å². The molecule has 1 aromatic rings. The Bertz CT molecular complexity index is 656. The molecule has 1 aliphatic rings. The predicted octanol–water partition coefficient (Wildman–Crippen LogP) is 2.55. The van der Waals surface area contributed by atoms with Crippen LogP contribution < -0.4 is 9.62 Å². The average Bonchev–Trinajstić information content (AvgIpc) is 3.02. The molecule has 0 aromatic heterocycles. The zero-order chi connectivity index (χ0) is 17.6. The van der Waals surface area contributed by atoms with Crippen LogP contribution in [0, 0.1) is 6.92 Å². The maximum Gasteiger partial charge on any atom is 0.240 e. The lowest BCUT2D eigenvalue weighted by Crippen LogP contribution is -2.41. The van der Waals surface area contributed by atoms with Gasteiger partial charge in [-0.05, 0) is 31.4 Å². The fraction of sp³-hybridized carbons (Fsp3) is 0.588. The molecule has 1 fully saturated rings. The summed E-state index contributed by atoms with van der Waals surface area (Å²) in [5, 5.41) is 3.56. The Morgan fingerprint density at radius 2 is 1.96 bits per heavy atom. The average molecular weight is 371 g/mol. The van der Waals surface area contributed by atoms with Crippen molar-refractivity contribution < 1.29 is 13.2 Å². The summed E-state index contributed by atoms with van der Waals surface area (Å²) < 4.78 is 25.3. The van der Waals surface area contributed by atoms with Gasteiger partial charge < -0.3 is 5.32 Å². The molecular weight excluding hydrogens is 344 g/mol. The number of hydrogen-bond donors (Lipinski definition) is 1. The minimum Gasteiger partial charge on any atom is -0.354 e. The standard InChI is InChI=1S/C17H26N2O3S2/c1-14-7-3-6-10-16(14)19(24(2,21)22)13-17(20)18-11-12-23-15-8-4-5-9-15/h3,6-7,10,15H,4-5,8-9,11-13H2,1-2H3,(H,18,20). The van der Waals surface area contributed by atoms with Gasteiger partial charge in [0.05, 0.1) is 11.9 Å². The molecular formula is C17H26N2O3S2. The molecule has 1 aliphatic carbocycles. The van der Waals surface area contributed by atoms with Gasteiger partial charge in [0.15, 0.2) is 0 Å². The van der Waals surface area contributed by atoms with E-state index in [-0.39, 0.29) is 12.5 Å². The third-order valence-electron chi connectivity index (χ3n) is 4.15. The molecule has 0 heterocycles. The van der Waals surface area contributed by atoms with Crippen molar-refractivity contribution in [1.29, 1.82) is 0 Å². The van der Waals surface area contributed by atoms with Crippen LogP contribution in [0.25, 0.3) is 0 Å². The Morgan fingerprint density at radius 1 is 1.29 bits per heavy atom. The molecule has 1 saturated carbocycles. The summed E-state index contributed by atoms with van der Waals surface area (Å²) in [6.07, 6.45) is 6.29. The van der Waals surface area contributed by atoms with Crippen molar-refractivity contribution in [2.75, 3.05) is 29.4 Å². The molecule has 0 radical (unpaired) electrons. The van der Waals surface area contributed by atoms with Crippen LogP contribution in [0.5, 0.6) is 0 Å². The van der Waals surface area contributed by atoms with E-state index in [0.717, 1.165) is 22.8 Å². The van der Waals surface area contributed by atoms with Crippen molar-refractivity contribution in [3.63, 3.8) is 0 Å². The fourth-order valence-corrected chi connectivity index (χ4v) is 5.02. The molecule has 0 atom stereocenters. The van der Waals surface area contributed by atoms with E-state index in [1.165, 1.54) is 30.0 Å². The molecule has 0 saturated heterocycles. The van der Waals surface area contributed by atoms with Crippen molar-refractivity contribution in [3.8, 4) is 0 Å². The molecule has 1 N–H and O–H groups in total. The quantitative estimate of drug-likeness (QED) is 0.714. The summed E-state index contributed by atoms with van der Waals surface area (Å²) in [4.78, 5) is 12.2. The molecule has 24 heavy (non-hydrogen) atoms. The highest BCUT2D eigenvalue weighted by atomic mass is 32.2. The summed E-state index contributed by atoms with van der Waals surface area (Å²) in [5.41, 5.74) is 1.38. The number of nitrogens with one attached hydrogen (secondary N) is 1. The largest absolute Gasteiger partial charge is 0.354 e. The van der Waals surface area contributed by atoms with Crippen LogP contribution in [-0.2, 0) is 14.8 Å². The van der Waals surface area contributed by atoms with Gasteiger partial charge in [0, 0.05) is 17.5 Å². The second kappa shape index (κ2) is 8.76. The lowest BCUT2D eigenvalue weighted by Gasteiger charge is -2.23. The number of para-hydroxylation sites is 1. The Kier molecular flexibility index (Phi) is 6.98. The molecule has 0 unspecified atom stereocenters. The maximum absolute atomic E-state index is 12.2. The summed E-state index contributed by atoms with van der Waals surface area (Å²) in [5.74, 6) is 0.607. The third-order valence-corrected chi connectivity index (χ3v) is 6.66. The smallest absolute Gasteiger partial charge is 0.240 e. The minimum atomic E-state index is -3.51. The molecule has 5 nitrogen and oxygen atoms in total. The van der Waals surface area contributed by atoms with Crippen LogP contribution in [0.4, 0.5) is 5.69 Å². The molecule has 0 aliphatic heterocycles. The monoisotopic (exact) mass is 370 g/mol. The number of benzene rings is 1. The number of carbonyl (C=O) groups is 1. The molecule has 0 bridgehead atoms. The van der Waals surface area contributed by atoms with Gasteiger partial charge in [0.25, 0.3) is 0 Å². The normalized spacial score (nSPS) is 15.4. The number of hydrogen-bond acceptors (Lipinski definition) is 4. The van der Waals surface area contributed by atoms with E-state index >= 15 is 0 Å². The number of aryl methyl sites for hydroxylation is 1. The third kappa shape index (κ3) is 5.70. The number of thioether (sulfide) groups is 1. The van der Waals surface area contributed by atoms with E-state index in [2.05, 4.69) is 5.32 Å². The van der Waals surface area contributed by atoms with Gasteiger partial charge >= 0.3 is 0 Å². The van der Waals surface area contributed by atoms with Gasteiger partial charge in [0.1, 0.15) is 6.54 Å². The lowest BCUT2D eigenvalue weighted by molar-refractivity contribution is -0.119. The first kappa shape index (κ1) is 19.1. The molecule has 134 valence electrons. The van der Waals surface area contributed by atoms with Crippen LogP contribution in [0.1, 0.15) is 31.2 Å². The highest BCUT2D eigenvalue weighted by molar-refractivity contribution is 7.99. The zero-order valence-corrected chi connectivity index (χ0v) is 16.0. The van der Waals surface area contributed by atoms with E-state index in [1.54, 1.807) is 12.1 Å². The number of carbonyl (C=O) groups excluding carboxylic acids is 1. The van der Waals surface area contributed by atoms with Crippen LogP contribution in [0.3, 0.4) is 0 Å². The number of anilines is 1. The molecule has 0 spiro atoms. The van der Waals surface area contributed by atoms with E-state index in [9.17, 15) is 13.2 Å². The Balaban J connectivity index is 1.87. The second-order valence-electron chi connectivity index (χ2n) is 6.18. The fourth-order valence-electron chi connectivity index (χ4n) is 2.88. The van der Waals surface area contributed by atoms with Crippen LogP contribution in [0.15, 0.2) is 24.3 Å². The van der Waals surface area contributed by atoms with Gasteiger partial charge in [-0.1, -0.05) is 31.0 Å². The van der Waals surface area contributed by atoms with Crippen LogP contribution in [-0.4, -0.2) is 44.7 Å². The zero-order valence-electron chi connectivity index (χ0n) is 14.3. The van der Waals surface area contributed by atoms with Crippen molar-refractivity contribution in [2.45, 2.75) is 37.9 Å². The number of sulfonamides is 1. The predicted molar refractivity (Wildman–Crippen MR) is 101 cm³/mol. The first-order valence-electron chi connectivity index (χ1n) is 8.29. The van der Waals surface area contributed by atoms with Gasteiger partial charge in [-0.25, -0.2) is 8.42 Å². The molecule has 1 amide bonds. The number of rotatable bonds is 8. The van der Waals surface area contributed by atoms with Gasteiger partial charge in [-0.15, -0.1) is 0 Å². The molecule has 1 aromatic carbocycles. The van der Waals surface area contributed by atoms with Crippen molar-refractivity contribution in [1.82, 2.24) is 5.32 Å². The van der Waals surface area contributed by atoms with Gasteiger partial charge in [-0.2, -0.15) is 11.8 Å². The van der Waals surface area contributed by atoms with Crippen LogP contribution in [0.2, 0.25) is 0 Å².